The van der Waals surface area contributed by atoms with Crippen molar-refractivity contribution in [2.75, 3.05) is 32.4 Å². The number of guanidine groups is 1. The molecule has 1 aliphatic heterocycles. The summed E-state index contributed by atoms with van der Waals surface area (Å²) in [6.07, 6.45) is 3.10. The lowest BCUT2D eigenvalue weighted by molar-refractivity contribution is 0.410. The van der Waals surface area contributed by atoms with Crippen LogP contribution < -0.4 is 5.32 Å². The third-order valence-electron chi connectivity index (χ3n) is 2.51. The van der Waals surface area contributed by atoms with Crippen LogP contribution >= 0.6 is 35.7 Å². The molecule has 1 unspecified atom stereocenters. The minimum absolute atomic E-state index is 0. The van der Waals surface area contributed by atoms with Crippen LogP contribution in [0.4, 0.5) is 0 Å². The van der Waals surface area contributed by atoms with Crippen molar-refractivity contribution >= 4 is 41.7 Å². The summed E-state index contributed by atoms with van der Waals surface area (Å²) in [5.41, 5.74) is 0. The van der Waals surface area contributed by atoms with Crippen LogP contribution in [0.15, 0.2) is 17.6 Å². The molecule has 94 valence electrons. The molecule has 16 heavy (non-hydrogen) atoms. The number of rotatable bonds is 3. The molecule has 0 aromatic rings. The van der Waals surface area contributed by atoms with Gasteiger partial charge in [0.05, 0.1) is 0 Å². The van der Waals surface area contributed by atoms with Crippen LogP contribution in [-0.2, 0) is 0 Å². The lowest BCUT2D eigenvalue weighted by Crippen LogP contribution is -2.47. The topological polar surface area (TPSA) is 27.6 Å². The van der Waals surface area contributed by atoms with Crippen LogP contribution in [0.2, 0.25) is 0 Å². The first-order chi connectivity index (χ1) is 7.31. The molecule has 0 amide bonds. The number of aliphatic imine (C=N–C) groups is 1. The first-order valence-corrected chi connectivity index (χ1v) is 6.54. The molecule has 1 N–H and O–H groups in total. The number of thioether (sulfide) groups is 1. The number of hydrogen-bond donors (Lipinski definition) is 1. The largest absolute Gasteiger partial charge is 0.353 e. The van der Waals surface area contributed by atoms with E-state index in [-0.39, 0.29) is 24.0 Å². The average Bonchev–Trinajstić information content (AvgIpc) is 2.30. The van der Waals surface area contributed by atoms with Crippen molar-refractivity contribution in [1.82, 2.24) is 10.2 Å². The van der Waals surface area contributed by atoms with Crippen molar-refractivity contribution in [2.24, 2.45) is 4.99 Å². The Hall–Kier alpha value is 0.0900. The number of nitrogens with zero attached hydrogens (tertiary/aromatic N) is 2. The molecular formula is C11H22IN3S. The first kappa shape index (κ1) is 16.1. The van der Waals surface area contributed by atoms with Crippen molar-refractivity contribution in [3.8, 4) is 0 Å². The van der Waals surface area contributed by atoms with Crippen molar-refractivity contribution in [3.63, 3.8) is 0 Å². The minimum atomic E-state index is 0. The van der Waals surface area contributed by atoms with E-state index in [1.54, 1.807) is 0 Å². The number of halogens is 1. The van der Waals surface area contributed by atoms with Crippen molar-refractivity contribution in [3.05, 3.63) is 12.7 Å². The van der Waals surface area contributed by atoms with Gasteiger partial charge in [0.25, 0.3) is 0 Å². The highest BCUT2D eigenvalue weighted by molar-refractivity contribution is 14.0. The zero-order valence-electron chi connectivity index (χ0n) is 10.1. The summed E-state index contributed by atoms with van der Waals surface area (Å²) in [6.45, 7) is 8.94. The smallest absolute Gasteiger partial charge is 0.193 e. The quantitative estimate of drug-likeness (QED) is 0.364. The lowest BCUT2D eigenvalue weighted by Gasteiger charge is -2.34. The summed E-state index contributed by atoms with van der Waals surface area (Å²) in [5.74, 6) is 2.21. The average molecular weight is 355 g/mol. The molecule has 1 aliphatic rings. The standard InChI is InChI=1S/C11H21N3S.HI/c1-4-6-13-11(12-3)14-7-8-15-10(5-2)9-14;/h4,10H,1,5-9H2,2-3H3,(H,12,13);1H. The Morgan fingerprint density at radius 2 is 2.44 bits per heavy atom. The summed E-state index contributed by atoms with van der Waals surface area (Å²) in [6, 6.07) is 0. The second-order valence-corrected chi connectivity index (χ2v) is 4.97. The highest BCUT2D eigenvalue weighted by atomic mass is 127. The van der Waals surface area contributed by atoms with Crippen molar-refractivity contribution < 1.29 is 0 Å². The van der Waals surface area contributed by atoms with E-state index in [0.717, 1.165) is 30.8 Å². The Balaban J connectivity index is 0.00000225. The van der Waals surface area contributed by atoms with Crippen LogP contribution in [0.3, 0.4) is 0 Å². The van der Waals surface area contributed by atoms with E-state index in [1.165, 1.54) is 12.2 Å². The van der Waals surface area contributed by atoms with Gasteiger partial charge in [0.2, 0.25) is 0 Å². The summed E-state index contributed by atoms with van der Waals surface area (Å²) < 4.78 is 0. The summed E-state index contributed by atoms with van der Waals surface area (Å²) >= 11 is 2.07. The van der Waals surface area contributed by atoms with Crippen LogP contribution in [0.1, 0.15) is 13.3 Å². The molecule has 1 saturated heterocycles. The SMILES string of the molecule is C=CCNC(=NC)N1CCSC(CC)C1.I. The van der Waals surface area contributed by atoms with Crippen LogP contribution in [0.25, 0.3) is 0 Å². The van der Waals surface area contributed by atoms with Gasteiger partial charge in [0.1, 0.15) is 0 Å². The molecule has 0 saturated carbocycles. The first-order valence-electron chi connectivity index (χ1n) is 5.49. The van der Waals surface area contributed by atoms with Crippen LogP contribution in [0, 0.1) is 0 Å². The molecule has 0 radical (unpaired) electrons. The van der Waals surface area contributed by atoms with Gasteiger partial charge in [-0.3, -0.25) is 4.99 Å². The zero-order chi connectivity index (χ0) is 11.1. The third-order valence-corrected chi connectivity index (χ3v) is 3.88. The van der Waals surface area contributed by atoms with Crippen LogP contribution in [-0.4, -0.2) is 48.5 Å². The van der Waals surface area contributed by atoms with Crippen molar-refractivity contribution in [1.29, 1.82) is 0 Å². The summed E-state index contributed by atoms with van der Waals surface area (Å²) in [4.78, 5) is 6.63. The van der Waals surface area contributed by atoms with E-state index < -0.39 is 0 Å². The molecule has 1 fully saturated rings. The molecule has 0 bridgehead atoms. The molecule has 5 heteroatoms. The molecule has 1 rings (SSSR count). The maximum atomic E-state index is 4.29. The second kappa shape index (κ2) is 9.15. The highest BCUT2D eigenvalue weighted by Crippen LogP contribution is 2.20. The number of nitrogens with one attached hydrogen (secondary N) is 1. The Morgan fingerprint density at radius 1 is 1.69 bits per heavy atom. The molecular weight excluding hydrogens is 333 g/mol. The Labute approximate surface area is 120 Å². The normalized spacial score (nSPS) is 21.2. The van der Waals surface area contributed by atoms with Gasteiger partial charge in [-0.25, -0.2) is 0 Å². The number of hydrogen-bond acceptors (Lipinski definition) is 2. The molecule has 0 spiro atoms. The van der Waals surface area contributed by atoms with Gasteiger partial charge in [0.15, 0.2) is 5.96 Å². The molecule has 0 aromatic carbocycles. The fourth-order valence-corrected chi connectivity index (χ4v) is 2.83. The van der Waals surface area contributed by atoms with E-state index in [9.17, 15) is 0 Å². The van der Waals surface area contributed by atoms with Crippen molar-refractivity contribution in [2.45, 2.75) is 18.6 Å². The highest BCUT2D eigenvalue weighted by Gasteiger charge is 2.20. The van der Waals surface area contributed by atoms with E-state index in [2.05, 4.69) is 40.5 Å². The van der Waals surface area contributed by atoms with E-state index in [4.69, 9.17) is 0 Å². The van der Waals surface area contributed by atoms with Gasteiger partial charge in [-0.2, -0.15) is 11.8 Å². The predicted molar refractivity (Wildman–Crippen MR) is 85.1 cm³/mol. The van der Waals surface area contributed by atoms with Gasteiger partial charge >= 0.3 is 0 Å². The predicted octanol–water partition coefficient (Wildman–Crippen LogP) is 2.19. The van der Waals surface area contributed by atoms with E-state index in [1.807, 2.05) is 13.1 Å². The van der Waals surface area contributed by atoms with Gasteiger partial charge < -0.3 is 10.2 Å². The maximum Gasteiger partial charge on any atom is 0.193 e. The van der Waals surface area contributed by atoms with Gasteiger partial charge in [-0.1, -0.05) is 13.0 Å². The minimum Gasteiger partial charge on any atom is -0.353 e. The Bertz CT molecular complexity index is 233. The van der Waals surface area contributed by atoms with Crippen LogP contribution in [0.5, 0.6) is 0 Å². The molecule has 1 atom stereocenters. The summed E-state index contributed by atoms with van der Waals surface area (Å²) in [5, 5.41) is 4.03. The van der Waals surface area contributed by atoms with Gasteiger partial charge in [0, 0.05) is 37.7 Å². The Kier molecular flexibility index (Phi) is 9.21. The third kappa shape index (κ3) is 4.95. The molecule has 0 aromatic heterocycles. The fourth-order valence-electron chi connectivity index (χ4n) is 1.65. The lowest BCUT2D eigenvalue weighted by atomic mass is 10.3. The zero-order valence-corrected chi connectivity index (χ0v) is 13.3. The second-order valence-electron chi connectivity index (χ2n) is 3.56. The van der Waals surface area contributed by atoms with Gasteiger partial charge in [-0.05, 0) is 6.42 Å². The fraction of sp³-hybridized carbons (Fsp3) is 0.727. The molecule has 1 heterocycles. The summed E-state index contributed by atoms with van der Waals surface area (Å²) in [7, 11) is 1.84. The van der Waals surface area contributed by atoms with Gasteiger partial charge in [-0.15, -0.1) is 30.6 Å². The maximum absolute atomic E-state index is 4.29. The molecule has 3 nitrogen and oxygen atoms in total. The van der Waals surface area contributed by atoms with E-state index >= 15 is 0 Å². The Morgan fingerprint density at radius 3 is 3.00 bits per heavy atom. The van der Waals surface area contributed by atoms with E-state index in [0.29, 0.717) is 0 Å². The molecule has 0 aliphatic carbocycles. The monoisotopic (exact) mass is 355 g/mol.